The molecule has 3 rings (SSSR count). The van der Waals surface area contributed by atoms with Crippen LogP contribution < -0.4 is 15.4 Å². The molecule has 0 spiro atoms. The second kappa shape index (κ2) is 7.72. The van der Waals surface area contributed by atoms with Crippen LogP contribution in [0.25, 0.3) is 0 Å². The van der Waals surface area contributed by atoms with Gasteiger partial charge in [0.05, 0.1) is 21.4 Å². The molecule has 0 saturated heterocycles. The van der Waals surface area contributed by atoms with E-state index in [2.05, 4.69) is 27.2 Å². The summed E-state index contributed by atoms with van der Waals surface area (Å²) in [5, 5.41) is 13.2. The van der Waals surface area contributed by atoms with Crippen molar-refractivity contribution >= 4 is 47.0 Å². The lowest BCUT2D eigenvalue weighted by Gasteiger charge is -2.13. The smallest absolute Gasteiger partial charge is 0.262 e. The first-order chi connectivity index (χ1) is 12.5. The summed E-state index contributed by atoms with van der Waals surface area (Å²) in [6.07, 6.45) is 4.20. The van der Waals surface area contributed by atoms with Gasteiger partial charge >= 0.3 is 0 Å². The second-order valence-corrected chi connectivity index (χ2v) is 6.39. The molecule has 1 heterocycles. The highest BCUT2D eigenvalue weighted by Crippen LogP contribution is 2.32. The maximum Gasteiger partial charge on any atom is 0.262 e. The lowest BCUT2D eigenvalue weighted by Crippen LogP contribution is -2.17. The lowest BCUT2D eigenvalue weighted by molar-refractivity contribution is 0.102. The number of hydrogen-bond donors (Lipinski definition) is 3. The zero-order valence-corrected chi connectivity index (χ0v) is 15.1. The summed E-state index contributed by atoms with van der Waals surface area (Å²) in [5.41, 5.74) is 0.763. The molecule has 0 unspecified atom stereocenters. The SMILES string of the molecule is C=C(C=N)Nc1ncc(C(=O)Nc2c(Cl)cccc2Cl)c(OC2CC2)n1. The number of ether oxygens (including phenoxy) is 1. The predicted molar refractivity (Wildman–Crippen MR) is 102 cm³/mol. The van der Waals surface area contributed by atoms with E-state index in [0.29, 0.717) is 21.4 Å². The molecule has 9 heteroatoms. The summed E-state index contributed by atoms with van der Waals surface area (Å²) in [5.74, 6) is -0.169. The van der Waals surface area contributed by atoms with E-state index in [4.69, 9.17) is 33.3 Å². The van der Waals surface area contributed by atoms with E-state index >= 15 is 0 Å². The highest BCUT2D eigenvalue weighted by Gasteiger charge is 2.27. The van der Waals surface area contributed by atoms with Gasteiger partial charge in [-0.15, -0.1) is 0 Å². The molecule has 0 aliphatic heterocycles. The van der Waals surface area contributed by atoms with E-state index in [1.807, 2.05) is 0 Å². The van der Waals surface area contributed by atoms with Crippen LogP contribution in [0.1, 0.15) is 23.2 Å². The number of hydrogen-bond acceptors (Lipinski definition) is 6. The van der Waals surface area contributed by atoms with Gasteiger partial charge in [-0.1, -0.05) is 35.8 Å². The van der Waals surface area contributed by atoms with E-state index in [0.717, 1.165) is 19.1 Å². The number of carbonyl (C=O) groups is 1. The molecule has 134 valence electrons. The van der Waals surface area contributed by atoms with Gasteiger partial charge in [-0.2, -0.15) is 4.98 Å². The van der Waals surface area contributed by atoms with E-state index in [-0.39, 0.29) is 23.5 Å². The number of amides is 1. The molecular weight excluding hydrogens is 377 g/mol. The van der Waals surface area contributed by atoms with E-state index in [1.54, 1.807) is 18.2 Å². The normalized spacial score (nSPS) is 13.0. The first-order valence-corrected chi connectivity index (χ1v) is 8.49. The van der Waals surface area contributed by atoms with Crippen LogP contribution in [0.4, 0.5) is 11.6 Å². The van der Waals surface area contributed by atoms with Gasteiger partial charge in [-0.05, 0) is 25.0 Å². The molecule has 0 bridgehead atoms. The Morgan fingerprint density at radius 1 is 1.31 bits per heavy atom. The topological polar surface area (TPSA) is 100.0 Å². The molecule has 1 aromatic carbocycles. The number of allylic oxidation sites excluding steroid dienone is 1. The molecule has 3 N–H and O–H groups in total. The van der Waals surface area contributed by atoms with Gasteiger partial charge in [0.2, 0.25) is 11.8 Å². The van der Waals surface area contributed by atoms with Gasteiger partial charge in [0.15, 0.2) is 0 Å². The molecule has 0 atom stereocenters. The number of rotatable bonds is 7. The molecule has 1 aromatic heterocycles. The van der Waals surface area contributed by atoms with Crippen molar-refractivity contribution in [1.82, 2.24) is 9.97 Å². The number of aromatic nitrogens is 2. The Kier molecular flexibility index (Phi) is 5.39. The van der Waals surface area contributed by atoms with Crippen LogP contribution in [0.3, 0.4) is 0 Å². The Morgan fingerprint density at radius 3 is 2.62 bits per heavy atom. The fraction of sp³-hybridized carbons (Fsp3) is 0.176. The fourth-order valence-corrected chi connectivity index (χ4v) is 2.49. The molecule has 2 aromatic rings. The summed E-state index contributed by atoms with van der Waals surface area (Å²) < 4.78 is 5.73. The summed E-state index contributed by atoms with van der Waals surface area (Å²) in [6.45, 7) is 3.62. The van der Waals surface area contributed by atoms with Crippen molar-refractivity contribution in [1.29, 1.82) is 5.41 Å². The van der Waals surface area contributed by atoms with Crippen LogP contribution in [-0.4, -0.2) is 28.2 Å². The summed E-state index contributed by atoms with van der Waals surface area (Å²) in [7, 11) is 0. The quantitative estimate of drug-likeness (QED) is 0.615. The molecule has 1 amide bonds. The van der Waals surface area contributed by atoms with Crippen LogP contribution in [0.5, 0.6) is 5.88 Å². The number of anilines is 2. The van der Waals surface area contributed by atoms with Crippen molar-refractivity contribution in [2.24, 2.45) is 0 Å². The van der Waals surface area contributed by atoms with Gasteiger partial charge < -0.3 is 20.8 Å². The van der Waals surface area contributed by atoms with Crippen molar-refractivity contribution in [2.45, 2.75) is 18.9 Å². The average molecular weight is 392 g/mol. The van der Waals surface area contributed by atoms with Gasteiger partial charge in [0.1, 0.15) is 11.7 Å². The number of nitrogens with one attached hydrogen (secondary N) is 3. The predicted octanol–water partition coefficient (Wildman–Crippen LogP) is 4.15. The van der Waals surface area contributed by atoms with Crippen molar-refractivity contribution in [3.63, 3.8) is 0 Å². The third-order valence-electron chi connectivity index (χ3n) is 3.45. The molecule has 7 nitrogen and oxygen atoms in total. The first kappa shape index (κ1) is 18.2. The summed E-state index contributed by atoms with van der Waals surface area (Å²) in [4.78, 5) is 21.0. The van der Waals surface area contributed by atoms with Crippen molar-refractivity contribution in [3.8, 4) is 5.88 Å². The van der Waals surface area contributed by atoms with Gasteiger partial charge in [-0.25, -0.2) is 4.98 Å². The molecule has 26 heavy (non-hydrogen) atoms. The molecule has 0 radical (unpaired) electrons. The number of benzene rings is 1. The highest BCUT2D eigenvalue weighted by molar-refractivity contribution is 6.40. The molecule has 1 fully saturated rings. The van der Waals surface area contributed by atoms with Gasteiger partial charge in [0.25, 0.3) is 5.91 Å². The van der Waals surface area contributed by atoms with Crippen LogP contribution in [0.2, 0.25) is 10.0 Å². The number of nitrogens with zero attached hydrogens (tertiary/aromatic N) is 2. The third kappa shape index (κ3) is 4.30. The summed E-state index contributed by atoms with van der Waals surface area (Å²) >= 11 is 12.2. The second-order valence-electron chi connectivity index (χ2n) is 5.58. The maximum atomic E-state index is 12.7. The maximum absolute atomic E-state index is 12.7. The zero-order chi connectivity index (χ0) is 18.7. The van der Waals surface area contributed by atoms with Crippen molar-refractivity contribution < 1.29 is 9.53 Å². The largest absolute Gasteiger partial charge is 0.474 e. The standard InChI is InChI=1S/C17H15Cl2N5O2/c1-9(7-20)22-17-21-8-11(16(24-17)26-10-5-6-10)15(25)23-14-12(18)3-2-4-13(14)19/h2-4,7-8,10,20H,1,5-6H2,(H,23,25)(H,21,22,24). The number of halogens is 2. The average Bonchev–Trinajstić information content (AvgIpc) is 3.42. The van der Waals surface area contributed by atoms with Crippen LogP contribution in [0, 0.1) is 5.41 Å². The van der Waals surface area contributed by atoms with E-state index < -0.39 is 5.91 Å². The first-order valence-electron chi connectivity index (χ1n) is 7.73. The fourth-order valence-electron chi connectivity index (χ4n) is 1.99. The Morgan fingerprint density at radius 2 is 2.00 bits per heavy atom. The molecule has 1 aliphatic rings. The molecular formula is C17H15Cl2N5O2. The number of carbonyl (C=O) groups excluding carboxylic acids is 1. The lowest BCUT2D eigenvalue weighted by atomic mass is 10.2. The Bertz CT molecular complexity index is 863. The summed E-state index contributed by atoms with van der Waals surface area (Å²) in [6, 6.07) is 4.93. The minimum atomic E-state index is -0.493. The molecule has 1 aliphatic carbocycles. The molecule has 1 saturated carbocycles. The van der Waals surface area contributed by atoms with Crippen LogP contribution in [-0.2, 0) is 0 Å². The van der Waals surface area contributed by atoms with Crippen molar-refractivity contribution in [2.75, 3.05) is 10.6 Å². The number of para-hydroxylation sites is 1. The van der Waals surface area contributed by atoms with Crippen LogP contribution >= 0.6 is 23.2 Å². The minimum absolute atomic E-state index is 0.0270. The Labute approximate surface area is 159 Å². The monoisotopic (exact) mass is 391 g/mol. The minimum Gasteiger partial charge on any atom is -0.474 e. The third-order valence-corrected chi connectivity index (χ3v) is 4.08. The van der Waals surface area contributed by atoms with Crippen molar-refractivity contribution in [3.05, 3.63) is 52.3 Å². The zero-order valence-electron chi connectivity index (χ0n) is 13.6. The van der Waals surface area contributed by atoms with Gasteiger partial charge in [-0.3, -0.25) is 4.79 Å². The highest BCUT2D eigenvalue weighted by atomic mass is 35.5. The van der Waals surface area contributed by atoms with Gasteiger partial charge in [0, 0.05) is 12.4 Å². The van der Waals surface area contributed by atoms with Crippen LogP contribution in [0.15, 0.2) is 36.7 Å². The van der Waals surface area contributed by atoms with E-state index in [1.165, 1.54) is 6.20 Å². The Hall–Kier alpha value is -2.64. The Balaban J connectivity index is 1.88. The van der Waals surface area contributed by atoms with E-state index in [9.17, 15) is 4.79 Å².